The molecule has 0 aromatic heterocycles. The predicted molar refractivity (Wildman–Crippen MR) is 150 cm³/mol. The summed E-state index contributed by atoms with van der Waals surface area (Å²) in [5, 5.41) is 7.77. The molecule has 1 saturated heterocycles. The number of hydrogen-bond donors (Lipinski definition) is 0. The molecule has 0 spiro atoms. The molecule has 36 heavy (non-hydrogen) atoms. The van der Waals surface area contributed by atoms with Gasteiger partial charge in [0, 0.05) is 53.6 Å². The van der Waals surface area contributed by atoms with Gasteiger partial charge in [0.05, 0.1) is 6.21 Å². The summed E-state index contributed by atoms with van der Waals surface area (Å²) < 4.78 is 5.87. The largest absolute Gasteiger partial charge is 0.492 e. The molecule has 0 aliphatic carbocycles. The van der Waals surface area contributed by atoms with Crippen LogP contribution >= 0.6 is 23.4 Å². The normalized spacial score (nSPS) is 18.2. The van der Waals surface area contributed by atoms with Crippen molar-refractivity contribution in [2.75, 3.05) is 53.4 Å². The lowest BCUT2D eigenvalue weighted by molar-refractivity contribution is 0.0970. The van der Waals surface area contributed by atoms with Gasteiger partial charge in [0.1, 0.15) is 12.4 Å². The van der Waals surface area contributed by atoms with E-state index >= 15 is 0 Å². The number of benzene rings is 3. The minimum absolute atomic E-state index is 0.317. The molecule has 5 nitrogen and oxygen atoms in total. The van der Waals surface area contributed by atoms with E-state index in [-0.39, 0.29) is 0 Å². The van der Waals surface area contributed by atoms with Crippen molar-refractivity contribution in [2.24, 2.45) is 5.10 Å². The van der Waals surface area contributed by atoms with Crippen molar-refractivity contribution in [1.82, 2.24) is 14.8 Å². The van der Waals surface area contributed by atoms with E-state index in [1.165, 1.54) is 20.9 Å². The molecular weight excluding hydrogens is 488 g/mol. The van der Waals surface area contributed by atoms with Crippen LogP contribution in [0.5, 0.6) is 5.75 Å². The van der Waals surface area contributed by atoms with E-state index in [0.29, 0.717) is 12.6 Å². The summed E-state index contributed by atoms with van der Waals surface area (Å²) >= 11 is 8.32. The van der Waals surface area contributed by atoms with Crippen molar-refractivity contribution in [2.45, 2.75) is 22.3 Å². The SMILES string of the molecule is CN(C)CCOc1cccc(C=NN2CCN([C@@H]3Cc4ccccc4Sc4ccc(Cl)cc43)CC2)c1. The van der Waals surface area contributed by atoms with Gasteiger partial charge in [-0.1, -0.05) is 53.7 Å². The minimum Gasteiger partial charge on any atom is -0.492 e. The number of halogens is 1. The van der Waals surface area contributed by atoms with Crippen LogP contribution in [0.25, 0.3) is 0 Å². The molecule has 2 aliphatic heterocycles. The average Bonchev–Trinajstić information content (AvgIpc) is 3.04. The quantitative estimate of drug-likeness (QED) is 0.374. The monoisotopic (exact) mass is 520 g/mol. The third kappa shape index (κ3) is 6.24. The van der Waals surface area contributed by atoms with E-state index < -0.39 is 0 Å². The van der Waals surface area contributed by atoms with Gasteiger partial charge in [0.15, 0.2) is 0 Å². The van der Waals surface area contributed by atoms with Crippen molar-refractivity contribution in [3.63, 3.8) is 0 Å². The topological polar surface area (TPSA) is 31.3 Å². The van der Waals surface area contributed by atoms with Crippen LogP contribution in [0.1, 0.15) is 22.7 Å². The smallest absolute Gasteiger partial charge is 0.120 e. The highest BCUT2D eigenvalue weighted by molar-refractivity contribution is 7.99. The van der Waals surface area contributed by atoms with Gasteiger partial charge in [0.25, 0.3) is 0 Å². The Kier molecular flexibility index (Phi) is 8.17. The maximum Gasteiger partial charge on any atom is 0.120 e. The molecule has 2 heterocycles. The molecule has 1 atom stereocenters. The Morgan fingerprint density at radius 2 is 1.83 bits per heavy atom. The van der Waals surface area contributed by atoms with E-state index in [2.05, 4.69) is 63.3 Å². The third-order valence-electron chi connectivity index (χ3n) is 6.70. The Morgan fingerprint density at radius 1 is 1.00 bits per heavy atom. The highest BCUT2D eigenvalue weighted by Gasteiger charge is 2.30. The van der Waals surface area contributed by atoms with Gasteiger partial charge in [-0.3, -0.25) is 9.91 Å². The molecule has 188 valence electrons. The number of ether oxygens (including phenoxy) is 1. The first-order chi connectivity index (χ1) is 17.5. The molecule has 3 aromatic carbocycles. The van der Waals surface area contributed by atoms with Crippen LogP contribution in [-0.2, 0) is 6.42 Å². The highest BCUT2D eigenvalue weighted by atomic mass is 35.5. The van der Waals surface area contributed by atoms with Gasteiger partial charge in [0.2, 0.25) is 0 Å². The zero-order valence-electron chi connectivity index (χ0n) is 20.9. The van der Waals surface area contributed by atoms with Crippen LogP contribution in [0.15, 0.2) is 81.6 Å². The van der Waals surface area contributed by atoms with Crippen LogP contribution < -0.4 is 4.74 Å². The molecule has 7 heteroatoms. The van der Waals surface area contributed by atoms with Crippen LogP contribution in [0.2, 0.25) is 5.02 Å². The molecule has 5 rings (SSSR count). The predicted octanol–water partition coefficient (Wildman–Crippen LogP) is 5.68. The van der Waals surface area contributed by atoms with Crippen molar-refractivity contribution in [1.29, 1.82) is 0 Å². The van der Waals surface area contributed by atoms with Gasteiger partial charge >= 0.3 is 0 Å². The maximum absolute atomic E-state index is 6.45. The van der Waals surface area contributed by atoms with E-state index in [1.54, 1.807) is 0 Å². The number of hydrogen-bond acceptors (Lipinski definition) is 6. The summed E-state index contributed by atoms with van der Waals surface area (Å²) in [6, 6.07) is 23.6. The zero-order chi connectivity index (χ0) is 24.9. The molecule has 0 saturated carbocycles. The molecular formula is C29H33ClN4OS. The first-order valence-corrected chi connectivity index (χ1v) is 13.7. The molecule has 0 radical (unpaired) electrons. The minimum atomic E-state index is 0.317. The molecule has 0 bridgehead atoms. The lowest BCUT2D eigenvalue weighted by Gasteiger charge is -2.38. The second-order valence-electron chi connectivity index (χ2n) is 9.57. The van der Waals surface area contributed by atoms with Crippen molar-refractivity contribution >= 4 is 29.6 Å². The highest BCUT2D eigenvalue weighted by Crippen LogP contribution is 2.43. The van der Waals surface area contributed by atoms with Gasteiger partial charge in [-0.15, -0.1) is 0 Å². The summed E-state index contributed by atoms with van der Waals surface area (Å²) in [7, 11) is 4.10. The fourth-order valence-corrected chi connectivity index (χ4v) is 6.02. The average molecular weight is 521 g/mol. The van der Waals surface area contributed by atoms with Crippen molar-refractivity contribution in [3.05, 3.63) is 88.4 Å². The summed E-state index contributed by atoms with van der Waals surface area (Å²) in [5.41, 5.74) is 3.81. The Balaban J connectivity index is 1.24. The Bertz CT molecular complexity index is 1210. The van der Waals surface area contributed by atoms with Crippen LogP contribution in [0.3, 0.4) is 0 Å². The number of fused-ring (bicyclic) bond motifs is 2. The van der Waals surface area contributed by atoms with Gasteiger partial charge in [-0.25, -0.2) is 0 Å². The van der Waals surface area contributed by atoms with E-state index in [4.69, 9.17) is 21.4 Å². The Labute approximate surface area is 223 Å². The number of likely N-dealkylation sites (N-methyl/N-ethyl adjacent to an activating group) is 1. The fourth-order valence-electron chi connectivity index (χ4n) is 4.72. The molecule has 0 unspecified atom stereocenters. The first-order valence-electron chi connectivity index (χ1n) is 12.5. The first kappa shape index (κ1) is 25.2. The van der Waals surface area contributed by atoms with Crippen molar-refractivity contribution < 1.29 is 4.74 Å². The molecule has 2 aliphatic rings. The molecule has 0 N–H and O–H groups in total. The number of piperazine rings is 1. The number of nitrogens with zero attached hydrogens (tertiary/aromatic N) is 4. The lowest BCUT2D eigenvalue weighted by Crippen LogP contribution is -2.46. The van der Waals surface area contributed by atoms with Gasteiger partial charge < -0.3 is 9.64 Å². The number of hydrazone groups is 1. The Morgan fingerprint density at radius 3 is 2.67 bits per heavy atom. The Hall–Kier alpha value is -2.51. The summed E-state index contributed by atoms with van der Waals surface area (Å²) in [5.74, 6) is 0.884. The third-order valence-corrected chi connectivity index (χ3v) is 8.15. The second kappa shape index (κ2) is 11.7. The van der Waals surface area contributed by atoms with Gasteiger partial charge in [-0.05, 0) is 73.6 Å². The van der Waals surface area contributed by atoms with Gasteiger partial charge in [-0.2, -0.15) is 5.10 Å². The van der Waals surface area contributed by atoms with Crippen LogP contribution in [0, 0.1) is 0 Å². The molecule has 3 aromatic rings. The van der Waals surface area contributed by atoms with Crippen LogP contribution in [0.4, 0.5) is 0 Å². The molecule has 1 fully saturated rings. The summed E-state index contributed by atoms with van der Waals surface area (Å²) in [6.45, 7) is 5.30. The van der Waals surface area contributed by atoms with Crippen LogP contribution in [-0.4, -0.2) is 74.4 Å². The summed E-state index contributed by atoms with van der Waals surface area (Å²) in [6.07, 6.45) is 2.95. The van der Waals surface area contributed by atoms with E-state index in [9.17, 15) is 0 Å². The lowest BCUT2D eigenvalue weighted by atomic mass is 9.97. The second-order valence-corrected chi connectivity index (χ2v) is 11.1. The molecule has 0 amide bonds. The van der Waals surface area contributed by atoms with E-state index in [0.717, 1.165) is 55.5 Å². The standard InChI is InChI=1S/C29H33ClN4OS/c1-32(2)16-17-35-25-8-5-6-22(18-25)21-31-34-14-12-33(13-15-34)27-19-23-7-3-4-9-28(23)36-29-11-10-24(30)20-26(27)29/h3-11,18,20-21,27H,12-17,19H2,1-2H3/t27-/m1/s1. The number of rotatable bonds is 7. The van der Waals surface area contributed by atoms with Crippen molar-refractivity contribution in [3.8, 4) is 5.75 Å². The fraction of sp³-hybridized carbons (Fsp3) is 0.345. The summed E-state index contributed by atoms with van der Waals surface area (Å²) in [4.78, 5) is 7.37. The maximum atomic E-state index is 6.45. The zero-order valence-corrected chi connectivity index (χ0v) is 22.5. The van der Waals surface area contributed by atoms with E-state index in [1.807, 2.05) is 50.3 Å².